The van der Waals surface area contributed by atoms with Crippen LogP contribution in [0.4, 0.5) is 5.82 Å². The fraction of sp³-hybridized carbons (Fsp3) is 0.421. The zero-order chi connectivity index (χ0) is 20.3. The Kier molecular flexibility index (Phi) is 5.83. The normalized spacial score (nSPS) is 13.9. The van der Waals surface area contributed by atoms with Crippen molar-refractivity contribution in [2.75, 3.05) is 24.3 Å². The highest BCUT2D eigenvalue weighted by Gasteiger charge is 2.23. The zero-order valence-electron chi connectivity index (χ0n) is 15.8. The number of benzene rings is 1. The van der Waals surface area contributed by atoms with Crippen molar-refractivity contribution >= 4 is 21.6 Å². The van der Waals surface area contributed by atoms with Crippen molar-refractivity contribution in [3.8, 4) is 5.75 Å². The molecule has 0 aliphatic heterocycles. The van der Waals surface area contributed by atoms with Gasteiger partial charge in [-0.1, -0.05) is 0 Å². The maximum Gasteiger partial charge on any atom is 0.356 e. The molecule has 9 heteroatoms. The van der Waals surface area contributed by atoms with Crippen LogP contribution in [0.15, 0.2) is 35.2 Å². The molecule has 0 atom stereocenters. The molecular weight excluding hydrogens is 382 g/mol. The number of carbonyl (C=O) groups is 1. The summed E-state index contributed by atoms with van der Waals surface area (Å²) < 4.78 is 29.9. The Bertz CT molecular complexity index is 956. The van der Waals surface area contributed by atoms with Crippen molar-refractivity contribution in [1.82, 2.24) is 10.2 Å². The molecule has 1 fully saturated rings. The summed E-state index contributed by atoms with van der Waals surface area (Å²) in [6.07, 6.45) is 3.48. The first-order valence-electron chi connectivity index (χ1n) is 9.05. The molecule has 28 heavy (non-hydrogen) atoms. The van der Waals surface area contributed by atoms with Gasteiger partial charge in [0.05, 0.1) is 11.5 Å². The van der Waals surface area contributed by atoms with Crippen LogP contribution < -0.4 is 9.64 Å². The quantitative estimate of drug-likeness (QED) is 0.677. The second-order valence-electron chi connectivity index (χ2n) is 6.89. The summed E-state index contributed by atoms with van der Waals surface area (Å²) in [4.78, 5) is 13.1. The lowest BCUT2D eigenvalue weighted by Gasteiger charge is -2.23. The minimum Gasteiger partial charge on any atom is -0.493 e. The van der Waals surface area contributed by atoms with E-state index in [0.717, 1.165) is 18.4 Å². The van der Waals surface area contributed by atoms with Gasteiger partial charge in [-0.05, 0) is 56.0 Å². The van der Waals surface area contributed by atoms with Gasteiger partial charge in [-0.2, -0.15) is 0 Å². The summed E-state index contributed by atoms with van der Waals surface area (Å²) in [5.41, 5.74) is 0.599. The SMILES string of the molecule is CCN(Cc1cc(S(C)(=O)=O)ccc1OCC1CC1)c1ccc(C(=O)O)nn1. The molecule has 3 rings (SSSR count). The number of hydrogen-bond donors (Lipinski definition) is 1. The predicted molar refractivity (Wildman–Crippen MR) is 103 cm³/mol. The average molecular weight is 405 g/mol. The smallest absolute Gasteiger partial charge is 0.356 e. The van der Waals surface area contributed by atoms with E-state index >= 15 is 0 Å². The van der Waals surface area contributed by atoms with E-state index in [0.29, 0.717) is 37.2 Å². The van der Waals surface area contributed by atoms with E-state index in [-0.39, 0.29) is 10.6 Å². The molecule has 8 nitrogen and oxygen atoms in total. The Labute approximate surface area is 164 Å². The molecular formula is C19H23N3O5S. The second kappa shape index (κ2) is 8.14. The Balaban J connectivity index is 1.88. The van der Waals surface area contributed by atoms with Crippen LogP contribution >= 0.6 is 0 Å². The van der Waals surface area contributed by atoms with Crippen LogP contribution in [-0.2, 0) is 16.4 Å². The second-order valence-corrected chi connectivity index (χ2v) is 8.91. The van der Waals surface area contributed by atoms with Crippen molar-refractivity contribution in [3.63, 3.8) is 0 Å². The summed E-state index contributed by atoms with van der Waals surface area (Å²) in [6, 6.07) is 7.86. The van der Waals surface area contributed by atoms with Gasteiger partial charge in [-0.25, -0.2) is 13.2 Å². The van der Waals surface area contributed by atoms with Crippen LogP contribution in [0.2, 0.25) is 0 Å². The number of anilines is 1. The monoisotopic (exact) mass is 405 g/mol. The average Bonchev–Trinajstić information content (AvgIpc) is 3.48. The first-order chi connectivity index (χ1) is 13.3. The molecule has 0 radical (unpaired) electrons. The number of nitrogens with zero attached hydrogens (tertiary/aromatic N) is 3. The maximum atomic E-state index is 12.0. The molecule has 1 aliphatic carbocycles. The number of aromatic nitrogens is 2. The van der Waals surface area contributed by atoms with Gasteiger partial charge in [-0.15, -0.1) is 10.2 Å². The maximum absolute atomic E-state index is 12.0. The first-order valence-corrected chi connectivity index (χ1v) is 10.9. The number of sulfone groups is 1. The molecule has 0 saturated heterocycles. The molecule has 1 heterocycles. The van der Waals surface area contributed by atoms with Crippen molar-refractivity contribution in [3.05, 3.63) is 41.6 Å². The highest BCUT2D eigenvalue weighted by molar-refractivity contribution is 7.90. The third-order valence-corrected chi connectivity index (χ3v) is 5.68. The fourth-order valence-corrected chi connectivity index (χ4v) is 3.38. The third-order valence-electron chi connectivity index (χ3n) is 4.57. The topological polar surface area (TPSA) is 110 Å². The summed E-state index contributed by atoms with van der Waals surface area (Å²) in [5.74, 6) is 0.580. The molecule has 150 valence electrons. The number of aromatic carboxylic acids is 1. The van der Waals surface area contributed by atoms with E-state index < -0.39 is 15.8 Å². The van der Waals surface area contributed by atoms with Gasteiger partial charge in [0.25, 0.3) is 0 Å². The molecule has 2 aromatic rings. The van der Waals surface area contributed by atoms with E-state index in [2.05, 4.69) is 10.2 Å². The lowest BCUT2D eigenvalue weighted by Crippen LogP contribution is -2.24. The molecule has 1 saturated carbocycles. The lowest BCUT2D eigenvalue weighted by atomic mass is 10.2. The van der Waals surface area contributed by atoms with Gasteiger partial charge in [-0.3, -0.25) is 0 Å². The predicted octanol–water partition coefficient (Wildman–Crippen LogP) is 2.39. The highest BCUT2D eigenvalue weighted by atomic mass is 32.2. The van der Waals surface area contributed by atoms with E-state index in [1.807, 2.05) is 11.8 Å². The Morgan fingerprint density at radius 2 is 2.00 bits per heavy atom. The molecule has 0 amide bonds. The van der Waals surface area contributed by atoms with Crippen molar-refractivity contribution in [2.45, 2.75) is 31.2 Å². The van der Waals surface area contributed by atoms with Gasteiger partial charge in [0.15, 0.2) is 21.3 Å². The standard InChI is InChI=1S/C19H23N3O5S/c1-3-22(18-9-7-16(19(23)24)20-21-18)11-14-10-15(28(2,25)26)6-8-17(14)27-12-13-4-5-13/h6-10,13H,3-5,11-12H2,1-2H3,(H,23,24). The first kappa shape index (κ1) is 20.1. The third kappa shape index (κ3) is 4.98. The van der Waals surface area contributed by atoms with Crippen LogP contribution in [0.25, 0.3) is 0 Å². The number of hydrogen-bond acceptors (Lipinski definition) is 7. The van der Waals surface area contributed by atoms with Crippen LogP contribution in [0.1, 0.15) is 35.8 Å². The lowest BCUT2D eigenvalue weighted by molar-refractivity contribution is 0.0689. The van der Waals surface area contributed by atoms with E-state index in [1.165, 1.54) is 12.3 Å². The molecule has 0 bridgehead atoms. The Morgan fingerprint density at radius 3 is 2.54 bits per heavy atom. The van der Waals surface area contributed by atoms with Gasteiger partial charge >= 0.3 is 5.97 Å². The van der Waals surface area contributed by atoms with Gasteiger partial charge in [0.2, 0.25) is 0 Å². The van der Waals surface area contributed by atoms with Crippen molar-refractivity contribution in [2.24, 2.45) is 5.92 Å². The largest absolute Gasteiger partial charge is 0.493 e. The van der Waals surface area contributed by atoms with Gasteiger partial charge < -0.3 is 14.7 Å². The van der Waals surface area contributed by atoms with Gasteiger partial charge in [0.1, 0.15) is 5.75 Å². The van der Waals surface area contributed by atoms with E-state index in [9.17, 15) is 13.2 Å². The molecule has 0 spiro atoms. The van der Waals surface area contributed by atoms with Crippen LogP contribution in [0.3, 0.4) is 0 Å². The minimum atomic E-state index is -3.35. The Morgan fingerprint density at radius 1 is 1.25 bits per heavy atom. The van der Waals surface area contributed by atoms with Gasteiger partial charge in [0, 0.05) is 24.9 Å². The Hall–Kier alpha value is -2.68. The molecule has 1 N–H and O–H groups in total. The summed E-state index contributed by atoms with van der Waals surface area (Å²) in [6.45, 7) is 3.48. The molecule has 1 aliphatic rings. The number of rotatable bonds is 9. The highest BCUT2D eigenvalue weighted by Crippen LogP contribution is 2.31. The number of carboxylic acids is 1. The van der Waals surface area contributed by atoms with Crippen molar-refractivity contribution in [1.29, 1.82) is 0 Å². The minimum absolute atomic E-state index is 0.132. The molecule has 1 aromatic heterocycles. The van der Waals surface area contributed by atoms with E-state index in [1.54, 1.807) is 24.3 Å². The summed E-state index contributed by atoms with van der Waals surface area (Å²) in [5, 5.41) is 16.7. The van der Waals surface area contributed by atoms with E-state index in [4.69, 9.17) is 9.84 Å². The molecule has 0 unspecified atom stereocenters. The molecule has 1 aromatic carbocycles. The van der Waals surface area contributed by atoms with Crippen molar-refractivity contribution < 1.29 is 23.1 Å². The number of carboxylic acid groups (broad SMARTS) is 1. The van der Waals surface area contributed by atoms with Crippen LogP contribution in [0.5, 0.6) is 5.75 Å². The summed E-state index contributed by atoms with van der Waals surface area (Å²) in [7, 11) is -3.35. The van der Waals surface area contributed by atoms with Crippen LogP contribution in [0, 0.1) is 5.92 Å². The number of ether oxygens (including phenoxy) is 1. The summed E-state index contributed by atoms with van der Waals surface area (Å²) >= 11 is 0. The fourth-order valence-electron chi connectivity index (χ4n) is 2.71. The van der Waals surface area contributed by atoms with Crippen LogP contribution in [-0.4, -0.2) is 49.1 Å². The zero-order valence-corrected chi connectivity index (χ0v) is 16.6.